The fourth-order valence-electron chi connectivity index (χ4n) is 3.47. The van der Waals surface area contributed by atoms with Gasteiger partial charge in [0.05, 0.1) is 0 Å². The third-order valence-electron chi connectivity index (χ3n) is 4.97. The van der Waals surface area contributed by atoms with Crippen LogP contribution in [0.1, 0.15) is 11.1 Å². The van der Waals surface area contributed by atoms with Gasteiger partial charge in [0.2, 0.25) is 5.91 Å². The first-order valence-corrected chi connectivity index (χ1v) is 9.09. The average Bonchev–Trinajstić information content (AvgIpc) is 3.10. The van der Waals surface area contributed by atoms with Crippen LogP contribution in [-0.4, -0.2) is 46.9 Å². The summed E-state index contributed by atoms with van der Waals surface area (Å²) in [6.07, 6.45) is 5.68. The number of carbonyl (C=O) groups excluding carboxylic acids is 1. The Kier molecular flexibility index (Phi) is 4.84. The summed E-state index contributed by atoms with van der Waals surface area (Å²) in [7, 11) is 0. The van der Waals surface area contributed by atoms with Gasteiger partial charge >= 0.3 is 0 Å². The van der Waals surface area contributed by atoms with Crippen LogP contribution in [0.5, 0.6) is 0 Å². The van der Waals surface area contributed by atoms with Crippen molar-refractivity contribution in [2.45, 2.75) is 6.54 Å². The van der Waals surface area contributed by atoms with Gasteiger partial charge in [0.15, 0.2) is 0 Å². The number of H-pyrrole nitrogens is 1. The van der Waals surface area contributed by atoms with Gasteiger partial charge in [-0.1, -0.05) is 48.5 Å². The van der Waals surface area contributed by atoms with Gasteiger partial charge in [0.25, 0.3) is 0 Å². The second-order valence-electron chi connectivity index (χ2n) is 6.70. The van der Waals surface area contributed by atoms with Crippen molar-refractivity contribution in [1.29, 1.82) is 0 Å². The molecule has 0 unspecified atom stereocenters. The fraction of sp³-hybridized carbons (Fsp3) is 0.227. The SMILES string of the molecule is O=C(C=Cc1ccccc1)N1CCN(Cc2c[nH]c3ccccc23)CC1. The van der Waals surface area contributed by atoms with Gasteiger partial charge in [0.1, 0.15) is 0 Å². The molecule has 0 aliphatic carbocycles. The molecule has 3 aromatic rings. The molecule has 1 saturated heterocycles. The number of para-hydroxylation sites is 1. The number of aromatic nitrogens is 1. The third-order valence-corrected chi connectivity index (χ3v) is 4.97. The van der Waals surface area contributed by atoms with E-state index in [1.54, 1.807) is 6.08 Å². The topological polar surface area (TPSA) is 39.3 Å². The molecule has 1 aromatic heterocycles. The number of aromatic amines is 1. The van der Waals surface area contributed by atoms with Crippen LogP contribution in [0, 0.1) is 0 Å². The molecular formula is C22H23N3O. The van der Waals surface area contributed by atoms with Gasteiger partial charge in [-0.2, -0.15) is 0 Å². The summed E-state index contributed by atoms with van der Waals surface area (Å²) in [6.45, 7) is 4.29. The molecule has 4 heteroatoms. The number of hydrogen-bond acceptors (Lipinski definition) is 2. The second-order valence-corrected chi connectivity index (χ2v) is 6.70. The summed E-state index contributed by atoms with van der Waals surface area (Å²) in [5.41, 5.74) is 3.56. The number of nitrogens with zero attached hydrogens (tertiary/aromatic N) is 2. The van der Waals surface area contributed by atoms with Crippen LogP contribution in [-0.2, 0) is 11.3 Å². The molecule has 2 heterocycles. The van der Waals surface area contributed by atoms with E-state index in [1.165, 1.54) is 16.5 Å². The number of amides is 1. The van der Waals surface area contributed by atoms with Crippen molar-refractivity contribution in [3.05, 3.63) is 78.0 Å². The van der Waals surface area contributed by atoms with Gasteiger partial charge in [-0.15, -0.1) is 0 Å². The molecule has 4 nitrogen and oxygen atoms in total. The summed E-state index contributed by atoms with van der Waals surface area (Å²) >= 11 is 0. The highest BCUT2D eigenvalue weighted by Crippen LogP contribution is 2.20. The lowest BCUT2D eigenvalue weighted by Gasteiger charge is -2.34. The molecule has 0 bridgehead atoms. The first-order chi connectivity index (χ1) is 12.8. The summed E-state index contributed by atoms with van der Waals surface area (Å²) in [5.74, 6) is 0.0978. The van der Waals surface area contributed by atoms with E-state index in [2.05, 4.69) is 40.3 Å². The van der Waals surface area contributed by atoms with Crippen molar-refractivity contribution in [1.82, 2.24) is 14.8 Å². The highest BCUT2D eigenvalue weighted by molar-refractivity contribution is 5.91. The molecule has 1 fully saturated rings. The number of nitrogens with one attached hydrogen (secondary N) is 1. The van der Waals surface area contributed by atoms with Gasteiger partial charge in [-0.3, -0.25) is 9.69 Å². The van der Waals surface area contributed by atoms with Crippen LogP contribution < -0.4 is 0 Å². The predicted octanol–water partition coefficient (Wildman–Crippen LogP) is 3.53. The number of piperazine rings is 1. The van der Waals surface area contributed by atoms with E-state index < -0.39 is 0 Å². The van der Waals surface area contributed by atoms with Crippen LogP contribution in [0.25, 0.3) is 17.0 Å². The van der Waals surface area contributed by atoms with Gasteiger partial charge in [-0.05, 0) is 23.3 Å². The molecule has 0 spiro atoms. The number of rotatable bonds is 4. The Morgan fingerprint density at radius 3 is 2.50 bits per heavy atom. The monoisotopic (exact) mass is 345 g/mol. The minimum Gasteiger partial charge on any atom is -0.361 e. The molecule has 1 aliphatic rings. The Balaban J connectivity index is 1.32. The number of fused-ring (bicyclic) bond motifs is 1. The van der Waals surface area contributed by atoms with Crippen LogP contribution in [0.2, 0.25) is 0 Å². The smallest absolute Gasteiger partial charge is 0.246 e. The molecule has 26 heavy (non-hydrogen) atoms. The summed E-state index contributed by atoms with van der Waals surface area (Å²) in [4.78, 5) is 20.1. The van der Waals surface area contributed by atoms with E-state index >= 15 is 0 Å². The van der Waals surface area contributed by atoms with Crippen molar-refractivity contribution in [2.75, 3.05) is 26.2 Å². The van der Waals surface area contributed by atoms with E-state index in [1.807, 2.05) is 41.3 Å². The van der Waals surface area contributed by atoms with Gasteiger partial charge < -0.3 is 9.88 Å². The Labute approximate surface area is 153 Å². The van der Waals surface area contributed by atoms with E-state index in [0.29, 0.717) is 0 Å². The lowest BCUT2D eigenvalue weighted by atomic mass is 10.1. The highest BCUT2D eigenvalue weighted by atomic mass is 16.2. The fourth-order valence-corrected chi connectivity index (χ4v) is 3.47. The van der Waals surface area contributed by atoms with Crippen molar-refractivity contribution in [3.8, 4) is 0 Å². The standard InChI is InChI=1S/C22H23N3O/c26-22(11-10-18-6-2-1-3-7-18)25-14-12-24(13-15-25)17-19-16-23-21-9-5-4-8-20(19)21/h1-11,16,23H,12-15,17H2. The van der Waals surface area contributed by atoms with Crippen molar-refractivity contribution >= 4 is 22.9 Å². The molecule has 4 rings (SSSR count). The zero-order valence-electron chi connectivity index (χ0n) is 14.8. The van der Waals surface area contributed by atoms with Crippen LogP contribution in [0.3, 0.4) is 0 Å². The lowest BCUT2D eigenvalue weighted by Crippen LogP contribution is -2.47. The quantitative estimate of drug-likeness (QED) is 0.735. The molecule has 132 valence electrons. The molecule has 1 N–H and O–H groups in total. The van der Waals surface area contributed by atoms with Crippen molar-refractivity contribution in [3.63, 3.8) is 0 Å². The first kappa shape index (κ1) is 16.6. The van der Waals surface area contributed by atoms with Gasteiger partial charge in [-0.25, -0.2) is 0 Å². The summed E-state index contributed by atoms with van der Waals surface area (Å²) in [6, 6.07) is 18.3. The minimum atomic E-state index is 0.0978. The highest BCUT2D eigenvalue weighted by Gasteiger charge is 2.20. The molecule has 0 saturated carbocycles. The zero-order valence-corrected chi connectivity index (χ0v) is 14.8. The maximum Gasteiger partial charge on any atom is 0.246 e. The average molecular weight is 345 g/mol. The van der Waals surface area contributed by atoms with Crippen molar-refractivity contribution < 1.29 is 4.79 Å². The number of benzene rings is 2. The molecule has 1 amide bonds. The predicted molar refractivity (Wildman–Crippen MR) is 106 cm³/mol. The van der Waals surface area contributed by atoms with E-state index in [9.17, 15) is 4.79 Å². The molecule has 0 radical (unpaired) electrons. The normalized spacial score (nSPS) is 15.8. The zero-order chi connectivity index (χ0) is 17.8. The summed E-state index contributed by atoms with van der Waals surface area (Å²) < 4.78 is 0. The van der Waals surface area contributed by atoms with Gasteiger partial charge in [0, 0.05) is 55.9 Å². The maximum absolute atomic E-state index is 12.4. The molecule has 2 aromatic carbocycles. The van der Waals surface area contributed by atoms with Crippen LogP contribution in [0.15, 0.2) is 66.9 Å². The van der Waals surface area contributed by atoms with E-state index in [-0.39, 0.29) is 5.91 Å². The lowest BCUT2D eigenvalue weighted by molar-refractivity contribution is -0.127. The first-order valence-electron chi connectivity index (χ1n) is 9.09. The second kappa shape index (κ2) is 7.58. The Morgan fingerprint density at radius 1 is 0.962 bits per heavy atom. The number of carbonyl (C=O) groups is 1. The molecule has 0 atom stereocenters. The Bertz CT molecular complexity index is 905. The third kappa shape index (κ3) is 3.70. The number of hydrogen-bond donors (Lipinski definition) is 1. The maximum atomic E-state index is 12.4. The van der Waals surface area contributed by atoms with Crippen LogP contribution >= 0.6 is 0 Å². The summed E-state index contributed by atoms with van der Waals surface area (Å²) in [5, 5.41) is 1.29. The van der Waals surface area contributed by atoms with E-state index in [4.69, 9.17) is 0 Å². The van der Waals surface area contributed by atoms with E-state index in [0.717, 1.165) is 38.3 Å². The largest absolute Gasteiger partial charge is 0.361 e. The van der Waals surface area contributed by atoms with Crippen molar-refractivity contribution in [2.24, 2.45) is 0 Å². The minimum absolute atomic E-state index is 0.0978. The Morgan fingerprint density at radius 2 is 1.69 bits per heavy atom. The molecule has 1 aliphatic heterocycles. The molecular weight excluding hydrogens is 322 g/mol. The van der Waals surface area contributed by atoms with Crippen LogP contribution in [0.4, 0.5) is 0 Å². The Hall–Kier alpha value is -2.85.